The molecule has 0 atom stereocenters. The molecular formula is C22H18F4N4O3S. The molecule has 0 bridgehead atoms. The minimum Gasteiger partial charge on any atom is -0.405 e. The van der Waals surface area contributed by atoms with Gasteiger partial charge in [0.15, 0.2) is 5.13 Å². The number of carbonyl (C=O) groups excluding carboxylic acids is 2. The number of ether oxygens (including phenoxy) is 1. The minimum atomic E-state index is -4.95. The maximum absolute atomic E-state index is 13.1. The normalized spacial score (nSPS) is 14.1. The number of aromatic nitrogens is 1. The summed E-state index contributed by atoms with van der Waals surface area (Å²) in [5.74, 6) is -2.13. The molecule has 0 unspecified atom stereocenters. The highest BCUT2D eigenvalue weighted by atomic mass is 32.1. The van der Waals surface area contributed by atoms with Gasteiger partial charge in [-0.15, -0.1) is 24.5 Å². The second-order valence-electron chi connectivity index (χ2n) is 7.29. The minimum absolute atomic E-state index is 0.0695. The molecule has 4 rings (SSSR count). The highest BCUT2D eigenvalue weighted by Crippen LogP contribution is 2.27. The van der Waals surface area contributed by atoms with Gasteiger partial charge >= 0.3 is 6.36 Å². The summed E-state index contributed by atoms with van der Waals surface area (Å²) in [7, 11) is 0. The third kappa shape index (κ3) is 5.63. The van der Waals surface area contributed by atoms with Crippen molar-refractivity contribution in [3.8, 4) is 5.75 Å². The van der Waals surface area contributed by atoms with Crippen LogP contribution in [0.4, 0.5) is 28.4 Å². The number of para-hydroxylation sites is 1. The summed E-state index contributed by atoms with van der Waals surface area (Å²) in [4.78, 5) is 33.1. The average Bonchev–Trinajstić information content (AvgIpc) is 3.27. The summed E-state index contributed by atoms with van der Waals surface area (Å²) in [5, 5.41) is 3.95. The van der Waals surface area contributed by atoms with E-state index < -0.39 is 18.0 Å². The van der Waals surface area contributed by atoms with Crippen LogP contribution in [0.15, 0.2) is 53.9 Å². The van der Waals surface area contributed by atoms with Gasteiger partial charge in [0.2, 0.25) is 0 Å². The van der Waals surface area contributed by atoms with Crippen molar-refractivity contribution in [2.75, 3.05) is 36.4 Å². The van der Waals surface area contributed by atoms with Gasteiger partial charge in [0.1, 0.15) is 17.3 Å². The predicted octanol–water partition coefficient (Wildman–Crippen LogP) is 4.40. The molecule has 1 N–H and O–H groups in total. The van der Waals surface area contributed by atoms with E-state index >= 15 is 0 Å². The Bertz CT molecular complexity index is 1180. The lowest BCUT2D eigenvalue weighted by Crippen LogP contribution is -2.48. The van der Waals surface area contributed by atoms with Crippen LogP contribution in [0.2, 0.25) is 0 Å². The van der Waals surface area contributed by atoms with Crippen LogP contribution < -0.4 is 15.0 Å². The number of benzene rings is 2. The number of nitrogens with zero attached hydrogens (tertiary/aromatic N) is 3. The number of carbonyl (C=O) groups is 2. The van der Waals surface area contributed by atoms with Crippen LogP contribution in [-0.4, -0.2) is 54.2 Å². The molecule has 12 heteroatoms. The summed E-state index contributed by atoms with van der Waals surface area (Å²) in [6.07, 6.45) is -4.95. The van der Waals surface area contributed by atoms with Crippen LogP contribution in [-0.2, 0) is 0 Å². The van der Waals surface area contributed by atoms with E-state index in [1.54, 1.807) is 17.0 Å². The summed E-state index contributed by atoms with van der Waals surface area (Å²) >= 11 is 0.983. The van der Waals surface area contributed by atoms with Crippen molar-refractivity contribution in [1.29, 1.82) is 0 Å². The van der Waals surface area contributed by atoms with Crippen LogP contribution in [0.3, 0.4) is 0 Å². The van der Waals surface area contributed by atoms with E-state index in [1.165, 1.54) is 35.7 Å². The summed E-state index contributed by atoms with van der Waals surface area (Å²) in [6.45, 7) is 1.97. The first-order chi connectivity index (χ1) is 16.2. The molecule has 34 heavy (non-hydrogen) atoms. The number of hydrogen-bond donors (Lipinski definition) is 1. The van der Waals surface area contributed by atoms with E-state index in [2.05, 4.69) is 15.0 Å². The Balaban J connectivity index is 1.37. The van der Waals surface area contributed by atoms with E-state index in [0.717, 1.165) is 23.1 Å². The van der Waals surface area contributed by atoms with Crippen LogP contribution >= 0.6 is 11.3 Å². The molecule has 1 aromatic heterocycles. The molecule has 3 aromatic rings. The van der Waals surface area contributed by atoms with Crippen LogP contribution in [0.25, 0.3) is 0 Å². The quantitative estimate of drug-likeness (QED) is 0.533. The molecule has 0 saturated carbocycles. The first-order valence-corrected chi connectivity index (χ1v) is 11.0. The fourth-order valence-electron chi connectivity index (χ4n) is 3.44. The molecule has 1 fully saturated rings. The molecular weight excluding hydrogens is 476 g/mol. The monoisotopic (exact) mass is 494 g/mol. The number of alkyl halides is 3. The summed E-state index contributed by atoms with van der Waals surface area (Å²) in [6, 6.07) is 11.1. The van der Waals surface area contributed by atoms with Crippen molar-refractivity contribution in [1.82, 2.24) is 9.88 Å². The highest BCUT2D eigenvalue weighted by molar-refractivity contribution is 7.14. The molecule has 7 nitrogen and oxygen atoms in total. The summed E-state index contributed by atoms with van der Waals surface area (Å²) in [5.41, 5.74) is 0.664. The zero-order chi connectivity index (χ0) is 24.3. The average molecular weight is 494 g/mol. The van der Waals surface area contributed by atoms with Crippen LogP contribution in [0.1, 0.15) is 20.8 Å². The van der Waals surface area contributed by atoms with Gasteiger partial charge in [-0.3, -0.25) is 14.9 Å². The van der Waals surface area contributed by atoms with Gasteiger partial charge in [-0.1, -0.05) is 12.1 Å². The largest absolute Gasteiger partial charge is 0.573 e. The van der Waals surface area contributed by atoms with Gasteiger partial charge in [-0.25, -0.2) is 9.37 Å². The number of thiazole rings is 1. The fraction of sp³-hybridized carbons (Fsp3) is 0.227. The molecule has 1 saturated heterocycles. The molecule has 178 valence electrons. The van der Waals surface area contributed by atoms with E-state index in [0.29, 0.717) is 26.2 Å². The Hall–Kier alpha value is -3.67. The Morgan fingerprint density at radius 2 is 1.68 bits per heavy atom. The van der Waals surface area contributed by atoms with E-state index in [-0.39, 0.29) is 28.1 Å². The van der Waals surface area contributed by atoms with E-state index in [9.17, 15) is 27.2 Å². The smallest absolute Gasteiger partial charge is 0.405 e. The van der Waals surface area contributed by atoms with Gasteiger partial charge in [0.05, 0.1) is 5.56 Å². The molecule has 2 aromatic carbocycles. The third-order valence-electron chi connectivity index (χ3n) is 5.06. The Kier molecular flexibility index (Phi) is 6.68. The van der Waals surface area contributed by atoms with Gasteiger partial charge < -0.3 is 14.5 Å². The lowest BCUT2D eigenvalue weighted by Gasteiger charge is -2.35. The lowest BCUT2D eigenvalue weighted by atomic mass is 10.2. The van der Waals surface area contributed by atoms with Crippen molar-refractivity contribution in [2.24, 2.45) is 0 Å². The van der Waals surface area contributed by atoms with E-state index in [1.807, 2.05) is 4.90 Å². The number of halogens is 4. The molecule has 0 aliphatic carbocycles. The SMILES string of the molecule is O=C(Nc1nc(C(=O)N2CCN(c3ccc(F)cc3)CC2)cs1)c1ccccc1OC(F)(F)F. The molecule has 0 spiro atoms. The summed E-state index contributed by atoms with van der Waals surface area (Å²) < 4.78 is 54.8. The lowest BCUT2D eigenvalue weighted by molar-refractivity contribution is -0.274. The molecule has 1 aliphatic rings. The Morgan fingerprint density at radius 3 is 2.35 bits per heavy atom. The van der Waals surface area contributed by atoms with Gasteiger partial charge in [-0.05, 0) is 36.4 Å². The molecule has 0 radical (unpaired) electrons. The standard InChI is InChI=1S/C22H18F4N4O3S/c23-14-5-7-15(8-6-14)29-9-11-30(12-10-29)20(32)17-13-34-21(27-17)28-19(31)16-3-1-2-4-18(16)33-22(24,25)26/h1-8,13H,9-12H2,(H,27,28,31). The first kappa shape index (κ1) is 23.5. The number of hydrogen-bond acceptors (Lipinski definition) is 6. The molecule has 1 aliphatic heterocycles. The molecule has 2 heterocycles. The van der Waals surface area contributed by atoms with Gasteiger partial charge in [-0.2, -0.15) is 0 Å². The third-order valence-corrected chi connectivity index (χ3v) is 5.82. The number of amides is 2. The maximum Gasteiger partial charge on any atom is 0.573 e. The Labute approximate surface area is 195 Å². The molecule has 2 amide bonds. The number of rotatable bonds is 5. The number of anilines is 2. The van der Waals surface area contributed by atoms with Crippen molar-refractivity contribution in [3.05, 3.63) is 71.0 Å². The maximum atomic E-state index is 13.1. The topological polar surface area (TPSA) is 74.8 Å². The van der Waals surface area contributed by atoms with Crippen LogP contribution in [0, 0.1) is 5.82 Å². The number of nitrogens with one attached hydrogen (secondary N) is 1. The highest BCUT2D eigenvalue weighted by Gasteiger charge is 2.33. The zero-order valence-corrected chi connectivity index (χ0v) is 18.3. The van der Waals surface area contributed by atoms with Crippen molar-refractivity contribution in [3.63, 3.8) is 0 Å². The van der Waals surface area contributed by atoms with Gasteiger partial charge in [0.25, 0.3) is 11.8 Å². The van der Waals surface area contributed by atoms with E-state index in [4.69, 9.17) is 0 Å². The second-order valence-corrected chi connectivity index (χ2v) is 8.15. The van der Waals surface area contributed by atoms with Crippen molar-refractivity contribution in [2.45, 2.75) is 6.36 Å². The Morgan fingerprint density at radius 1 is 1.00 bits per heavy atom. The van der Waals surface area contributed by atoms with Gasteiger partial charge in [0, 0.05) is 37.2 Å². The number of piperazine rings is 1. The first-order valence-electron chi connectivity index (χ1n) is 10.1. The zero-order valence-electron chi connectivity index (χ0n) is 17.5. The second kappa shape index (κ2) is 9.67. The predicted molar refractivity (Wildman–Crippen MR) is 118 cm³/mol. The van der Waals surface area contributed by atoms with Crippen molar-refractivity contribution >= 4 is 34.0 Å². The van der Waals surface area contributed by atoms with Crippen molar-refractivity contribution < 1.29 is 31.9 Å². The van der Waals surface area contributed by atoms with Crippen LogP contribution in [0.5, 0.6) is 5.75 Å². The fourth-order valence-corrected chi connectivity index (χ4v) is 4.12.